The second-order valence-corrected chi connectivity index (χ2v) is 12.4. The van der Waals surface area contributed by atoms with Gasteiger partial charge in [-0.1, -0.05) is 24.3 Å². The molecule has 3 unspecified atom stereocenters. The van der Waals surface area contributed by atoms with Gasteiger partial charge in [0.1, 0.15) is 5.92 Å². The molecule has 0 bridgehead atoms. The van der Waals surface area contributed by atoms with Gasteiger partial charge in [0.25, 0.3) is 5.69 Å². The SMILES string of the molecule is COC(=O)C1C(C)=NC(C)=C(C(=O)OCCCCSc2ccc(CCCOC3CCCCO3)cc2)C1c1cccc([N+](=O)[O-])c1. The van der Waals surface area contributed by atoms with E-state index in [0.717, 1.165) is 44.5 Å². The summed E-state index contributed by atoms with van der Waals surface area (Å²) in [5.41, 5.74) is 2.69. The van der Waals surface area contributed by atoms with Crippen LogP contribution in [0.5, 0.6) is 0 Å². The smallest absolute Gasteiger partial charge is 0.336 e. The summed E-state index contributed by atoms with van der Waals surface area (Å²) in [5.74, 6) is -2.02. The zero-order chi connectivity index (χ0) is 32.2. The molecule has 10 nitrogen and oxygen atoms in total. The van der Waals surface area contributed by atoms with Crippen LogP contribution in [0.1, 0.15) is 69.4 Å². The standard InChI is InChI=1S/C34H42N2O8S/c1-23-30(33(37)41-3)32(26-11-8-12-27(22-26)36(39)40)31(24(2)35-23)34(38)44-19-6-7-21-45-28-16-14-25(15-17-28)10-9-20-43-29-13-4-5-18-42-29/h8,11-12,14-17,22,29-30,32H,4-7,9-10,13,18-21H2,1-3H3. The molecule has 0 radical (unpaired) electrons. The molecule has 0 aromatic heterocycles. The van der Waals surface area contributed by atoms with Crippen LogP contribution in [0.3, 0.4) is 0 Å². The summed E-state index contributed by atoms with van der Waals surface area (Å²) in [6.45, 7) is 5.08. The highest BCUT2D eigenvalue weighted by atomic mass is 32.2. The lowest BCUT2D eigenvalue weighted by molar-refractivity contribution is -0.384. The van der Waals surface area contributed by atoms with Gasteiger partial charge in [0, 0.05) is 41.0 Å². The molecule has 4 rings (SSSR count). The van der Waals surface area contributed by atoms with Crippen LogP contribution in [0.15, 0.2) is 69.7 Å². The summed E-state index contributed by atoms with van der Waals surface area (Å²) in [5, 5.41) is 11.5. The molecule has 1 fully saturated rings. The number of aryl methyl sites for hydroxylation is 1. The lowest BCUT2D eigenvalue weighted by atomic mass is 9.75. The lowest BCUT2D eigenvalue weighted by Crippen LogP contribution is -2.36. The molecule has 0 N–H and O–H groups in total. The number of hydrogen-bond acceptors (Lipinski definition) is 10. The zero-order valence-electron chi connectivity index (χ0n) is 26.2. The van der Waals surface area contributed by atoms with Crippen molar-refractivity contribution in [1.82, 2.24) is 0 Å². The molecular formula is C34H42N2O8S. The second-order valence-electron chi connectivity index (χ2n) is 11.2. The number of methoxy groups -OCH3 is 1. The number of aliphatic imine (C=N–C) groups is 1. The predicted molar refractivity (Wildman–Crippen MR) is 172 cm³/mol. The van der Waals surface area contributed by atoms with Crippen LogP contribution >= 0.6 is 11.8 Å². The Labute approximate surface area is 268 Å². The molecule has 1 saturated heterocycles. The largest absolute Gasteiger partial charge is 0.468 e. The number of unbranched alkanes of at least 4 members (excludes halogenated alkanes) is 1. The van der Waals surface area contributed by atoms with E-state index >= 15 is 0 Å². The van der Waals surface area contributed by atoms with E-state index in [1.54, 1.807) is 31.7 Å². The first kappa shape index (κ1) is 34.3. The van der Waals surface area contributed by atoms with Crippen LogP contribution in [0.2, 0.25) is 0 Å². The van der Waals surface area contributed by atoms with Gasteiger partial charge in [0.05, 0.1) is 30.8 Å². The van der Waals surface area contributed by atoms with Crippen LogP contribution in [0, 0.1) is 16.0 Å². The van der Waals surface area contributed by atoms with E-state index in [9.17, 15) is 19.7 Å². The maximum atomic E-state index is 13.4. The van der Waals surface area contributed by atoms with Gasteiger partial charge < -0.3 is 18.9 Å². The number of non-ortho nitro benzene ring substituents is 1. The van der Waals surface area contributed by atoms with Gasteiger partial charge >= 0.3 is 11.9 Å². The minimum atomic E-state index is -0.907. The molecule has 2 aromatic carbocycles. The minimum absolute atomic E-state index is 0.0377. The van der Waals surface area contributed by atoms with Crippen LogP contribution in [-0.4, -0.2) is 61.5 Å². The Hall–Kier alpha value is -3.54. The third kappa shape index (κ3) is 9.72. The topological polar surface area (TPSA) is 127 Å². The van der Waals surface area contributed by atoms with E-state index in [2.05, 4.69) is 29.3 Å². The second kappa shape index (κ2) is 17.2. The number of rotatable bonds is 15. The van der Waals surface area contributed by atoms with Gasteiger partial charge in [-0.2, -0.15) is 0 Å². The summed E-state index contributed by atoms with van der Waals surface area (Å²) in [7, 11) is 1.26. The molecule has 2 heterocycles. The summed E-state index contributed by atoms with van der Waals surface area (Å²) < 4.78 is 22.1. The Morgan fingerprint density at radius 2 is 1.87 bits per heavy atom. The van der Waals surface area contributed by atoms with Crippen molar-refractivity contribution in [3.8, 4) is 0 Å². The zero-order valence-corrected chi connectivity index (χ0v) is 27.0. The number of allylic oxidation sites excluding steroid dienone is 1. The average Bonchev–Trinajstić information content (AvgIpc) is 3.05. The first-order valence-corrected chi connectivity index (χ1v) is 16.5. The Balaban J connectivity index is 1.25. The van der Waals surface area contributed by atoms with E-state index in [-0.39, 0.29) is 24.2 Å². The van der Waals surface area contributed by atoms with Gasteiger partial charge in [0.15, 0.2) is 6.29 Å². The van der Waals surface area contributed by atoms with Crippen molar-refractivity contribution in [2.24, 2.45) is 10.9 Å². The molecular weight excluding hydrogens is 596 g/mol. The molecule has 0 aliphatic carbocycles. The first-order chi connectivity index (χ1) is 21.8. The number of carbonyl (C=O) groups excluding carboxylic acids is 2. The van der Waals surface area contributed by atoms with E-state index in [4.69, 9.17) is 18.9 Å². The number of carbonyl (C=O) groups is 2. The molecule has 3 atom stereocenters. The average molecular weight is 639 g/mol. The number of benzene rings is 2. The van der Waals surface area contributed by atoms with Crippen molar-refractivity contribution in [2.75, 3.05) is 32.7 Å². The number of hydrogen-bond donors (Lipinski definition) is 0. The number of esters is 2. The molecule has 0 amide bonds. The number of ether oxygens (including phenoxy) is 4. The molecule has 11 heteroatoms. The van der Waals surface area contributed by atoms with Crippen molar-refractivity contribution in [2.45, 2.75) is 75.9 Å². The first-order valence-electron chi connectivity index (χ1n) is 15.5. The molecule has 2 aliphatic heterocycles. The van der Waals surface area contributed by atoms with Crippen LogP contribution in [0.4, 0.5) is 5.69 Å². The Morgan fingerprint density at radius 1 is 1.07 bits per heavy atom. The fraction of sp³-hybridized carbons (Fsp3) is 0.500. The van der Waals surface area contributed by atoms with Crippen LogP contribution in [0.25, 0.3) is 0 Å². The van der Waals surface area contributed by atoms with Gasteiger partial charge in [-0.25, -0.2) is 4.79 Å². The molecule has 0 spiro atoms. The summed E-state index contributed by atoms with van der Waals surface area (Å²) in [6, 6.07) is 14.5. The van der Waals surface area contributed by atoms with Gasteiger partial charge in [-0.05, 0) is 87.8 Å². The number of nitrogens with zero attached hydrogens (tertiary/aromatic N) is 2. The Morgan fingerprint density at radius 3 is 2.58 bits per heavy atom. The van der Waals surface area contributed by atoms with Gasteiger partial charge in [-0.15, -0.1) is 11.8 Å². The van der Waals surface area contributed by atoms with E-state index < -0.39 is 28.7 Å². The molecule has 2 aliphatic rings. The monoisotopic (exact) mass is 638 g/mol. The quantitative estimate of drug-likeness (QED) is 0.0680. The van der Waals surface area contributed by atoms with E-state index in [1.165, 1.54) is 42.2 Å². The Bertz CT molecular complexity index is 1380. The minimum Gasteiger partial charge on any atom is -0.468 e. The summed E-state index contributed by atoms with van der Waals surface area (Å²) in [4.78, 5) is 42.8. The third-order valence-corrected chi connectivity index (χ3v) is 9.06. The number of nitro benzene ring substituents is 1. The normalized spacial score (nSPS) is 20.0. The lowest BCUT2D eigenvalue weighted by Gasteiger charge is -2.31. The molecule has 0 saturated carbocycles. The molecule has 242 valence electrons. The number of thioether (sulfide) groups is 1. The highest BCUT2D eigenvalue weighted by Crippen LogP contribution is 2.41. The Kier molecular flexibility index (Phi) is 13.2. The van der Waals surface area contributed by atoms with E-state index in [1.807, 2.05) is 0 Å². The van der Waals surface area contributed by atoms with E-state index in [0.29, 0.717) is 30.0 Å². The number of nitro groups is 1. The van der Waals surface area contributed by atoms with Crippen molar-refractivity contribution in [3.05, 3.63) is 81.0 Å². The van der Waals surface area contributed by atoms with Crippen molar-refractivity contribution in [1.29, 1.82) is 0 Å². The fourth-order valence-corrected chi connectivity index (χ4v) is 6.56. The van der Waals surface area contributed by atoms with Crippen molar-refractivity contribution < 1.29 is 33.5 Å². The van der Waals surface area contributed by atoms with Crippen LogP contribution in [-0.2, 0) is 35.0 Å². The maximum absolute atomic E-state index is 13.4. The highest BCUT2D eigenvalue weighted by molar-refractivity contribution is 7.99. The van der Waals surface area contributed by atoms with Crippen LogP contribution < -0.4 is 0 Å². The summed E-state index contributed by atoms with van der Waals surface area (Å²) in [6.07, 6.45) is 6.68. The van der Waals surface area contributed by atoms with Crippen molar-refractivity contribution in [3.63, 3.8) is 0 Å². The molecule has 45 heavy (non-hydrogen) atoms. The summed E-state index contributed by atoms with van der Waals surface area (Å²) >= 11 is 1.76. The fourth-order valence-electron chi connectivity index (χ4n) is 5.65. The third-order valence-electron chi connectivity index (χ3n) is 7.96. The van der Waals surface area contributed by atoms with Crippen molar-refractivity contribution >= 4 is 35.1 Å². The predicted octanol–water partition coefficient (Wildman–Crippen LogP) is 6.81. The molecule has 2 aromatic rings. The maximum Gasteiger partial charge on any atom is 0.336 e. The highest BCUT2D eigenvalue weighted by Gasteiger charge is 2.42. The van der Waals surface area contributed by atoms with Gasteiger partial charge in [-0.3, -0.25) is 19.9 Å². The van der Waals surface area contributed by atoms with Gasteiger partial charge in [0.2, 0.25) is 0 Å².